The van der Waals surface area contributed by atoms with E-state index in [0.717, 1.165) is 19.0 Å². The number of halogens is 1. The Bertz CT molecular complexity index is 710. The van der Waals surface area contributed by atoms with E-state index >= 15 is 0 Å². The van der Waals surface area contributed by atoms with E-state index < -0.39 is 0 Å². The van der Waals surface area contributed by atoms with Gasteiger partial charge in [0.1, 0.15) is 5.75 Å². The summed E-state index contributed by atoms with van der Waals surface area (Å²) in [7, 11) is 1.50. The Morgan fingerprint density at radius 1 is 1.26 bits per heavy atom. The minimum atomic E-state index is -0.232. The lowest BCUT2D eigenvalue weighted by atomic mass is 9.87. The average molecular weight is 394 g/mol. The van der Waals surface area contributed by atoms with Crippen molar-refractivity contribution >= 4 is 29.1 Å². The summed E-state index contributed by atoms with van der Waals surface area (Å²) in [5, 5.41) is 5.98. The fourth-order valence-corrected chi connectivity index (χ4v) is 4.37. The maximum atomic E-state index is 12.7. The molecule has 1 aromatic carbocycles. The summed E-state index contributed by atoms with van der Waals surface area (Å²) >= 11 is 6.21. The molecule has 3 rings (SSSR count). The third kappa shape index (κ3) is 4.93. The van der Waals surface area contributed by atoms with Crippen molar-refractivity contribution in [2.45, 2.75) is 45.1 Å². The number of carbonyl (C=O) groups excluding carboxylic acids is 2. The summed E-state index contributed by atoms with van der Waals surface area (Å²) in [6.07, 6.45) is 6.32. The van der Waals surface area contributed by atoms with E-state index in [0.29, 0.717) is 34.5 Å². The molecule has 2 aliphatic rings. The monoisotopic (exact) mass is 393 g/mol. The van der Waals surface area contributed by atoms with Gasteiger partial charge in [0.05, 0.1) is 23.4 Å². The van der Waals surface area contributed by atoms with Crippen LogP contribution in [0.5, 0.6) is 5.75 Å². The number of ether oxygens (including phenoxy) is 1. The van der Waals surface area contributed by atoms with Gasteiger partial charge >= 0.3 is 0 Å². The van der Waals surface area contributed by atoms with E-state index in [1.54, 1.807) is 12.1 Å². The average Bonchev–Trinajstić information content (AvgIpc) is 2.66. The number of hydrogen-bond acceptors (Lipinski definition) is 4. The summed E-state index contributed by atoms with van der Waals surface area (Å²) in [4.78, 5) is 26.5. The predicted molar refractivity (Wildman–Crippen MR) is 107 cm³/mol. The van der Waals surface area contributed by atoms with Crippen LogP contribution in [0, 0.1) is 5.92 Å². The van der Waals surface area contributed by atoms with Crippen LogP contribution < -0.4 is 15.4 Å². The van der Waals surface area contributed by atoms with Crippen LogP contribution in [-0.2, 0) is 4.79 Å². The van der Waals surface area contributed by atoms with Gasteiger partial charge in [-0.3, -0.25) is 9.59 Å². The number of rotatable bonds is 5. The van der Waals surface area contributed by atoms with Gasteiger partial charge in [-0.1, -0.05) is 18.0 Å². The fraction of sp³-hybridized carbons (Fsp3) is 0.600. The third-order valence-electron chi connectivity index (χ3n) is 5.55. The molecule has 27 heavy (non-hydrogen) atoms. The Balaban J connectivity index is 1.62. The number of carbonyl (C=O) groups is 2. The number of hydrogen-bond donors (Lipinski definition) is 2. The second-order valence-corrected chi connectivity index (χ2v) is 7.92. The molecule has 0 aromatic heterocycles. The van der Waals surface area contributed by atoms with Crippen LogP contribution in [-0.4, -0.2) is 49.5 Å². The molecule has 0 radical (unpaired) electrons. The van der Waals surface area contributed by atoms with Crippen molar-refractivity contribution in [3.05, 3.63) is 22.7 Å². The molecule has 2 N–H and O–H groups in total. The van der Waals surface area contributed by atoms with E-state index in [2.05, 4.69) is 15.5 Å². The smallest absolute Gasteiger partial charge is 0.255 e. The van der Waals surface area contributed by atoms with Gasteiger partial charge in [-0.15, -0.1) is 0 Å². The number of nitrogens with zero attached hydrogens (tertiary/aromatic N) is 1. The normalized spacial score (nSPS) is 22.6. The van der Waals surface area contributed by atoms with Gasteiger partial charge in [-0.2, -0.15) is 0 Å². The molecule has 0 bridgehead atoms. The van der Waals surface area contributed by atoms with Crippen molar-refractivity contribution in [3.8, 4) is 5.75 Å². The number of benzene rings is 1. The fourth-order valence-electron chi connectivity index (χ4n) is 4.16. The minimum Gasteiger partial charge on any atom is -0.496 e. The van der Waals surface area contributed by atoms with Crippen molar-refractivity contribution in [2.24, 2.45) is 5.92 Å². The standard InChI is InChI=1S/C20H28ClN3O3/c1-13(25)23-18-10-19(27-2)16(9-17(18)21)20(26)22-11-14-6-7-15-5-3-4-8-24(15)12-14/h9-10,14-15H,3-8,11-12H2,1-2H3,(H,22,26)(H,23,25). The minimum absolute atomic E-state index is 0.205. The summed E-state index contributed by atoms with van der Waals surface area (Å²) < 4.78 is 5.33. The van der Waals surface area contributed by atoms with E-state index in [4.69, 9.17) is 16.3 Å². The van der Waals surface area contributed by atoms with Crippen LogP contribution in [0.1, 0.15) is 49.4 Å². The van der Waals surface area contributed by atoms with E-state index in [-0.39, 0.29) is 11.8 Å². The quantitative estimate of drug-likeness (QED) is 0.805. The highest BCUT2D eigenvalue weighted by molar-refractivity contribution is 6.34. The Morgan fingerprint density at radius 2 is 2.07 bits per heavy atom. The largest absolute Gasteiger partial charge is 0.496 e. The van der Waals surface area contributed by atoms with Crippen molar-refractivity contribution in [1.82, 2.24) is 10.2 Å². The van der Waals surface area contributed by atoms with E-state index in [1.807, 2.05) is 0 Å². The second kappa shape index (κ2) is 8.93. The molecule has 7 heteroatoms. The van der Waals surface area contributed by atoms with Gasteiger partial charge in [-0.05, 0) is 44.2 Å². The van der Waals surface area contributed by atoms with Crippen molar-refractivity contribution in [1.29, 1.82) is 0 Å². The SMILES string of the molecule is COc1cc(NC(C)=O)c(Cl)cc1C(=O)NCC1CCC2CCCCN2C1. The van der Waals surface area contributed by atoms with Gasteiger partial charge in [0.25, 0.3) is 5.91 Å². The highest BCUT2D eigenvalue weighted by Crippen LogP contribution is 2.32. The first kappa shape index (κ1) is 20.0. The number of methoxy groups -OCH3 is 1. The summed E-state index contributed by atoms with van der Waals surface area (Å²) in [5.41, 5.74) is 0.809. The van der Waals surface area contributed by atoms with Crippen LogP contribution in [0.25, 0.3) is 0 Å². The van der Waals surface area contributed by atoms with Crippen molar-refractivity contribution < 1.29 is 14.3 Å². The molecular formula is C20H28ClN3O3. The lowest BCUT2D eigenvalue weighted by Gasteiger charge is -2.42. The summed E-state index contributed by atoms with van der Waals surface area (Å²) in [5.74, 6) is 0.428. The van der Waals surface area contributed by atoms with Crippen LogP contribution >= 0.6 is 11.6 Å². The molecule has 0 spiro atoms. The van der Waals surface area contributed by atoms with E-state index in [9.17, 15) is 9.59 Å². The highest BCUT2D eigenvalue weighted by atomic mass is 35.5. The zero-order valence-electron chi connectivity index (χ0n) is 16.0. The van der Waals surface area contributed by atoms with Gasteiger partial charge in [0.15, 0.2) is 0 Å². The molecule has 2 atom stereocenters. The summed E-state index contributed by atoms with van der Waals surface area (Å²) in [6.45, 7) is 4.30. The summed E-state index contributed by atoms with van der Waals surface area (Å²) in [6, 6.07) is 3.87. The number of amides is 2. The van der Waals surface area contributed by atoms with Gasteiger partial charge in [-0.25, -0.2) is 0 Å². The van der Waals surface area contributed by atoms with Gasteiger partial charge in [0, 0.05) is 32.1 Å². The number of piperidine rings is 2. The van der Waals surface area contributed by atoms with Gasteiger partial charge in [0.2, 0.25) is 5.91 Å². The van der Waals surface area contributed by atoms with Crippen LogP contribution in [0.3, 0.4) is 0 Å². The van der Waals surface area contributed by atoms with Crippen LogP contribution in [0.15, 0.2) is 12.1 Å². The Labute approximate surface area is 165 Å². The molecular weight excluding hydrogens is 366 g/mol. The molecule has 2 heterocycles. The molecule has 1 aromatic rings. The number of anilines is 1. The lowest BCUT2D eigenvalue weighted by molar-refractivity contribution is -0.114. The molecule has 2 unspecified atom stereocenters. The Hall–Kier alpha value is -1.79. The zero-order valence-corrected chi connectivity index (χ0v) is 16.8. The molecule has 2 saturated heterocycles. The first-order valence-electron chi connectivity index (χ1n) is 9.65. The van der Waals surface area contributed by atoms with Crippen LogP contribution in [0.2, 0.25) is 5.02 Å². The first-order chi connectivity index (χ1) is 13.0. The number of fused-ring (bicyclic) bond motifs is 1. The lowest BCUT2D eigenvalue weighted by Crippen LogP contribution is -2.48. The zero-order chi connectivity index (χ0) is 19.4. The molecule has 2 amide bonds. The molecule has 6 nitrogen and oxygen atoms in total. The number of nitrogens with one attached hydrogen (secondary N) is 2. The van der Waals surface area contributed by atoms with Crippen LogP contribution in [0.4, 0.5) is 5.69 Å². The highest BCUT2D eigenvalue weighted by Gasteiger charge is 2.30. The molecule has 2 aliphatic heterocycles. The van der Waals surface area contributed by atoms with Gasteiger partial charge < -0.3 is 20.3 Å². The maximum Gasteiger partial charge on any atom is 0.255 e. The third-order valence-corrected chi connectivity index (χ3v) is 5.86. The molecule has 2 fully saturated rings. The molecule has 0 saturated carbocycles. The Morgan fingerprint density at radius 3 is 2.81 bits per heavy atom. The topological polar surface area (TPSA) is 70.7 Å². The van der Waals surface area contributed by atoms with E-state index in [1.165, 1.54) is 46.3 Å². The first-order valence-corrected chi connectivity index (χ1v) is 10.0. The Kier molecular flexibility index (Phi) is 6.60. The predicted octanol–water partition coefficient (Wildman–Crippen LogP) is 3.30. The maximum absolute atomic E-state index is 12.7. The molecule has 0 aliphatic carbocycles. The second-order valence-electron chi connectivity index (χ2n) is 7.51. The molecule has 148 valence electrons. The van der Waals surface area contributed by atoms with Crippen molar-refractivity contribution in [2.75, 3.05) is 32.1 Å². The van der Waals surface area contributed by atoms with Crippen molar-refractivity contribution in [3.63, 3.8) is 0 Å².